The van der Waals surface area contributed by atoms with Crippen molar-refractivity contribution in [2.75, 3.05) is 33.2 Å². The number of likely N-dealkylation sites (tertiary alicyclic amines) is 1. The molecule has 1 heterocycles. The summed E-state index contributed by atoms with van der Waals surface area (Å²) in [5.41, 5.74) is -0.528. The molecule has 0 amide bonds. The van der Waals surface area contributed by atoms with Gasteiger partial charge in [-0.1, -0.05) is 13.3 Å². The van der Waals surface area contributed by atoms with Crippen LogP contribution in [0.2, 0.25) is 0 Å². The molecule has 1 fully saturated rings. The van der Waals surface area contributed by atoms with Gasteiger partial charge in [0.1, 0.15) is 0 Å². The molecular weight excluding hydrogens is 200 g/mol. The second kappa shape index (κ2) is 6.58. The molecule has 96 valence electrons. The van der Waals surface area contributed by atoms with Crippen LogP contribution in [0.5, 0.6) is 0 Å². The molecule has 2 N–H and O–H groups in total. The molecule has 1 rings (SSSR count). The molecule has 1 saturated heterocycles. The molecule has 0 bridgehead atoms. The van der Waals surface area contributed by atoms with Crippen LogP contribution in [0.3, 0.4) is 0 Å². The van der Waals surface area contributed by atoms with E-state index < -0.39 is 5.60 Å². The second-order valence-electron chi connectivity index (χ2n) is 5.62. The SMILES string of the molecule is CCCC(C)(O)CNCC1CCN(C)CC1. The molecule has 0 radical (unpaired) electrons. The van der Waals surface area contributed by atoms with Crippen molar-refractivity contribution in [3.05, 3.63) is 0 Å². The molecule has 0 aliphatic carbocycles. The maximum absolute atomic E-state index is 10.0. The second-order valence-corrected chi connectivity index (χ2v) is 5.62. The Bertz CT molecular complexity index is 186. The molecule has 0 saturated carbocycles. The Morgan fingerprint density at radius 3 is 2.56 bits per heavy atom. The predicted octanol–water partition coefficient (Wildman–Crippen LogP) is 1.47. The van der Waals surface area contributed by atoms with Crippen LogP contribution in [0.25, 0.3) is 0 Å². The van der Waals surface area contributed by atoms with Crippen molar-refractivity contribution < 1.29 is 5.11 Å². The topological polar surface area (TPSA) is 35.5 Å². The van der Waals surface area contributed by atoms with Crippen LogP contribution in [0.4, 0.5) is 0 Å². The molecule has 1 unspecified atom stereocenters. The zero-order valence-corrected chi connectivity index (χ0v) is 11.1. The van der Waals surface area contributed by atoms with Gasteiger partial charge in [-0.2, -0.15) is 0 Å². The highest BCUT2D eigenvalue weighted by molar-refractivity contribution is 4.77. The van der Waals surface area contributed by atoms with Crippen LogP contribution < -0.4 is 5.32 Å². The summed E-state index contributed by atoms with van der Waals surface area (Å²) in [5.74, 6) is 0.800. The van der Waals surface area contributed by atoms with Crippen molar-refractivity contribution in [3.63, 3.8) is 0 Å². The molecule has 3 nitrogen and oxygen atoms in total. The van der Waals surface area contributed by atoms with Crippen molar-refractivity contribution in [1.82, 2.24) is 10.2 Å². The summed E-state index contributed by atoms with van der Waals surface area (Å²) in [6.45, 7) is 8.28. The van der Waals surface area contributed by atoms with Gasteiger partial charge in [-0.05, 0) is 58.8 Å². The Hall–Kier alpha value is -0.120. The van der Waals surface area contributed by atoms with Gasteiger partial charge in [0.15, 0.2) is 0 Å². The smallest absolute Gasteiger partial charge is 0.0743 e. The van der Waals surface area contributed by atoms with Gasteiger partial charge < -0.3 is 15.3 Å². The number of aliphatic hydroxyl groups is 1. The van der Waals surface area contributed by atoms with E-state index in [-0.39, 0.29) is 0 Å². The first-order valence-corrected chi connectivity index (χ1v) is 6.65. The monoisotopic (exact) mass is 228 g/mol. The molecule has 0 aromatic heterocycles. The minimum Gasteiger partial charge on any atom is -0.389 e. The summed E-state index contributed by atoms with van der Waals surface area (Å²) in [6.07, 6.45) is 4.51. The fraction of sp³-hybridized carbons (Fsp3) is 1.00. The van der Waals surface area contributed by atoms with Gasteiger partial charge in [0.2, 0.25) is 0 Å². The van der Waals surface area contributed by atoms with E-state index in [2.05, 4.69) is 24.2 Å². The third kappa shape index (κ3) is 5.28. The summed E-state index contributed by atoms with van der Waals surface area (Å²) in [4.78, 5) is 2.39. The molecule has 0 aromatic rings. The van der Waals surface area contributed by atoms with Crippen molar-refractivity contribution >= 4 is 0 Å². The lowest BCUT2D eigenvalue weighted by atomic mass is 9.96. The van der Waals surface area contributed by atoms with E-state index in [1.54, 1.807) is 0 Å². The van der Waals surface area contributed by atoms with E-state index in [1.165, 1.54) is 25.9 Å². The number of piperidine rings is 1. The zero-order chi connectivity index (χ0) is 12.0. The fourth-order valence-electron chi connectivity index (χ4n) is 2.44. The number of nitrogens with one attached hydrogen (secondary N) is 1. The van der Waals surface area contributed by atoms with Crippen molar-refractivity contribution in [2.24, 2.45) is 5.92 Å². The zero-order valence-electron chi connectivity index (χ0n) is 11.1. The normalized spacial score (nSPS) is 23.2. The number of nitrogens with zero attached hydrogens (tertiary/aromatic N) is 1. The standard InChI is InChI=1S/C13H28N2O/c1-4-7-13(2,16)11-14-10-12-5-8-15(3)9-6-12/h12,14,16H,4-11H2,1-3H3. The van der Waals surface area contributed by atoms with E-state index in [1.807, 2.05) is 6.92 Å². The molecule has 0 aromatic carbocycles. The average Bonchev–Trinajstić information content (AvgIpc) is 2.20. The lowest BCUT2D eigenvalue weighted by Gasteiger charge is -2.30. The lowest BCUT2D eigenvalue weighted by molar-refractivity contribution is 0.0483. The van der Waals surface area contributed by atoms with Gasteiger partial charge in [0.05, 0.1) is 5.60 Å². The minimum atomic E-state index is -0.528. The van der Waals surface area contributed by atoms with E-state index in [4.69, 9.17) is 0 Å². The van der Waals surface area contributed by atoms with Gasteiger partial charge in [-0.15, -0.1) is 0 Å². The van der Waals surface area contributed by atoms with Gasteiger partial charge in [-0.3, -0.25) is 0 Å². The average molecular weight is 228 g/mol. The molecule has 1 atom stereocenters. The van der Waals surface area contributed by atoms with E-state index in [9.17, 15) is 5.11 Å². The van der Waals surface area contributed by atoms with Crippen LogP contribution in [-0.2, 0) is 0 Å². The Labute approximate surface area is 100 Å². The highest BCUT2D eigenvalue weighted by atomic mass is 16.3. The van der Waals surface area contributed by atoms with Crippen LogP contribution >= 0.6 is 0 Å². The molecular formula is C13H28N2O. The van der Waals surface area contributed by atoms with E-state index in [0.717, 1.165) is 31.8 Å². The molecule has 0 spiro atoms. The largest absolute Gasteiger partial charge is 0.389 e. The maximum atomic E-state index is 10.0. The Morgan fingerprint density at radius 1 is 1.38 bits per heavy atom. The van der Waals surface area contributed by atoms with Crippen molar-refractivity contribution in [1.29, 1.82) is 0 Å². The predicted molar refractivity (Wildman–Crippen MR) is 68.6 cm³/mol. The Morgan fingerprint density at radius 2 is 2.00 bits per heavy atom. The first-order valence-electron chi connectivity index (χ1n) is 6.65. The Balaban J connectivity index is 2.11. The van der Waals surface area contributed by atoms with Crippen molar-refractivity contribution in [3.8, 4) is 0 Å². The van der Waals surface area contributed by atoms with Crippen LogP contribution in [0.15, 0.2) is 0 Å². The molecule has 16 heavy (non-hydrogen) atoms. The van der Waals surface area contributed by atoms with Gasteiger partial charge in [-0.25, -0.2) is 0 Å². The van der Waals surface area contributed by atoms with Crippen LogP contribution in [0, 0.1) is 5.92 Å². The third-order valence-corrected chi connectivity index (χ3v) is 3.57. The first kappa shape index (κ1) is 13.9. The Kier molecular flexibility index (Phi) is 5.73. The summed E-state index contributed by atoms with van der Waals surface area (Å²) in [6, 6.07) is 0. The quantitative estimate of drug-likeness (QED) is 0.722. The molecule has 1 aliphatic rings. The van der Waals surface area contributed by atoms with Crippen molar-refractivity contribution in [2.45, 2.75) is 45.1 Å². The van der Waals surface area contributed by atoms with Gasteiger partial charge in [0.25, 0.3) is 0 Å². The molecule has 1 aliphatic heterocycles. The fourth-order valence-corrected chi connectivity index (χ4v) is 2.44. The summed E-state index contributed by atoms with van der Waals surface area (Å²) in [5, 5.41) is 13.4. The third-order valence-electron chi connectivity index (χ3n) is 3.57. The number of hydrogen-bond donors (Lipinski definition) is 2. The molecule has 3 heteroatoms. The number of rotatable bonds is 6. The minimum absolute atomic E-state index is 0.528. The number of hydrogen-bond acceptors (Lipinski definition) is 3. The van der Waals surface area contributed by atoms with E-state index in [0.29, 0.717) is 0 Å². The van der Waals surface area contributed by atoms with Crippen LogP contribution in [-0.4, -0.2) is 48.8 Å². The highest BCUT2D eigenvalue weighted by Crippen LogP contribution is 2.15. The lowest BCUT2D eigenvalue weighted by Crippen LogP contribution is -2.41. The van der Waals surface area contributed by atoms with Crippen LogP contribution in [0.1, 0.15) is 39.5 Å². The first-order chi connectivity index (χ1) is 7.53. The maximum Gasteiger partial charge on any atom is 0.0743 e. The van der Waals surface area contributed by atoms with Gasteiger partial charge in [0, 0.05) is 6.54 Å². The summed E-state index contributed by atoms with van der Waals surface area (Å²) >= 11 is 0. The highest BCUT2D eigenvalue weighted by Gasteiger charge is 2.20. The summed E-state index contributed by atoms with van der Waals surface area (Å²) < 4.78 is 0. The summed E-state index contributed by atoms with van der Waals surface area (Å²) in [7, 11) is 2.19. The van der Waals surface area contributed by atoms with Gasteiger partial charge >= 0.3 is 0 Å². The van der Waals surface area contributed by atoms with E-state index >= 15 is 0 Å².